The molecular weight excluding hydrogens is 244 g/mol. The van der Waals surface area contributed by atoms with Crippen LogP contribution in [0.1, 0.15) is 26.1 Å². The summed E-state index contributed by atoms with van der Waals surface area (Å²) in [5, 5.41) is 12.3. The van der Waals surface area contributed by atoms with E-state index in [2.05, 4.69) is 15.3 Å². The predicted octanol–water partition coefficient (Wildman–Crippen LogP) is 1.52. The van der Waals surface area contributed by atoms with Crippen LogP contribution in [0.2, 0.25) is 0 Å². The molecule has 1 saturated heterocycles. The van der Waals surface area contributed by atoms with Crippen molar-refractivity contribution in [1.29, 1.82) is 0 Å². The van der Waals surface area contributed by atoms with Gasteiger partial charge in [0.1, 0.15) is 17.5 Å². The Morgan fingerprint density at radius 3 is 2.84 bits per heavy atom. The molecule has 6 nitrogen and oxygen atoms in total. The molecule has 1 atom stereocenters. The molecule has 2 rings (SSSR count). The number of hydrogen-bond acceptors (Lipinski definition) is 5. The number of aryl methyl sites for hydroxylation is 1. The molecule has 19 heavy (non-hydrogen) atoms. The number of rotatable bonds is 4. The standard InChI is InChI=1S/C13H20N4O2/c1-8(2)14-11-6-12(16-9(3)15-11)17-5-4-10(7-17)13(18)19/h6,8,10H,4-5,7H2,1-3H3,(H,18,19)(H,14,15,16). The molecule has 0 saturated carbocycles. The Bertz CT molecular complexity index is 476. The Balaban J connectivity index is 2.16. The van der Waals surface area contributed by atoms with Crippen molar-refractivity contribution in [2.75, 3.05) is 23.3 Å². The lowest BCUT2D eigenvalue weighted by Gasteiger charge is -2.19. The van der Waals surface area contributed by atoms with Gasteiger partial charge in [0.25, 0.3) is 0 Å². The van der Waals surface area contributed by atoms with Gasteiger partial charge in [-0.15, -0.1) is 0 Å². The summed E-state index contributed by atoms with van der Waals surface area (Å²) in [6, 6.07) is 2.18. The average Bonchev–Trinajstić information content (AvgIpc) is 2.76. The van der Waals surface area contributed by atoms with E-state index in [1.54, 1.807) is 0 Å². The zero-order valence-electron chi connectivity index (χ0n) is 11.6. The van der Waals surface area contributed by atoms with Gasteiger partial charge in [-0.25, -0.2) is 9.97 Å². The maximum atomic E-state index is 11.0. The molecule has 1 unspecified atom stereocenters. The Morgan fingerprint density at radius 1 is 1.53 bits per heavy atom. The van der Waals surface area contributed by atoms with Crippen molar-refractivity contribution in [2.24, 2.45) is 5.92 Å². The summed E-state index contributed by atoms with van der Waals surface area (Å²) in [5.74, 6) is 1.26. The summed E-state index contributed by atoms with van der Waals surface area (Å²) >= 11 is 0. The van der Waals surface area contributed by atoms with Crippen LogP contribution in [-0.4, -0.2) is 40.2 Å². The Morgan fingerprint density at radius 2 is 2.26 bits per heavy atom. The van der Waals surface area contributed by atoms with Gasteiger partial charge in [0.15, 0.2) is 0 Å². The second kappa shape index (κ2) is 5.42. The summed E-state index contributed by atoms with van der Waals surface area (Å²) in [6.45, 7) is 7.20. The third-order valence-corrected chi connectivity index (χ3v) is 3.12. The third-order valence-electron chi connectivity index (χ3n) is 3.12. The fraction of sp³-hybridized carbons (Fsp3) is 0.615. The second-order valence-electron chi connectivity index (χ2n) is 5.23. The minimum absolute atomic E-state index is 0.295. The number of carboxylic acid groups (broad SMARTS) is 1. The lowest BCUT2D eigenvalue weighted by molar-refractivity contribution is -0.140. The first kappa shape index (κ1) is 13.6. The smallest absolute Gasteiger partial charge is 0.308 e. The number of carboxylic acids is 1. The quantitative estimate of drug-likeness (QED) is 0.858. The lowest BCUT2D eigenvalue weighted by atomic mass is 10.1. The van der Waals surface area contributed by atoms with Crippen molar-refractivity contribution in [1.82, 2.24) is 9.97 Å². The molecule has 0 radical (unpaired) electrons. The number of carbonyl (C=O) groups is 1. The van der Waals surface area contributed by atoms with E-state index in [0.717, 1.165) is 18.2 Å². The van der Waals surface area contributed by atoms with E-state index in [4.69, 9.17) is 5.11 Å². The van der Waals surface area contributed by atoms with Gasteiger partial charge in [0, 0.05) is 25.2 Å². The van der Waals surface area contributed by atoms with E-state index < -0.39 is 5.97 Å². The molecule has 1 aromatic heterocycles. The second-order valence-corrected chi connectivity index (χ2v) is 5.23. The van der Waals surface area contributed by atoms with Crippen LogP contribution in [0.3, 0.4) is 0 Å². The summed E-state index contributed by atoms with van der Waals surface area (Å²) in [5.41, 5.74) is 0. The average molecular weight is 264 g/mol. The number of anilines is 2. The van der Waals surface area contributed by atoms with Gasteiger partial charge < -0.3 is 15.3 Å². The van der Waals surface area contributed by atoms with Crippen molar-refractivity contribution >= 4 is 17.6 Å². The van der Waals surface area contributed by atoms with E-state index in [1.165, 1.54) is 0 Å². The molecule has 1 aliphatic rings. The molecule has 0 bridgehead atoms. The van der Waals surface area contributed by atoms with Crippen LogP contribution < -0.4 is 10.2 Å². The minimum atomic E-state index is -0.728. The van der Waals surface area contributed by atoms with Crippen molar-refractivity contribution in [2.45, 2.75) is 33.2 Å². The molecule has 2 heterocycles. The molecule has 1 aromatic rings. The topological polar surface area (TPSA) is 78.4 Å². The van der Waals surface area contributed by atoms with Gasteiger partial charge in [-0.05, 0) is 27.2 Å². The lowest BCUT2D eigenvalue weighted by Crippen LogP contribution is -2.24. The number of hydrogen-bond donors (Lipinski definition) is 2. The van der Waals surface area contributed by atoms with Crippen LogP contribution in [0.25, 0.3) is 0 Å². The van der Waals surface area contributed by atoms with E-state index in [9.17, 15) is 4.79 Å². The number of nitrogens with zero attached hydrogens (tertiary/aromatic N) is 3. The van der Waals surface area contributed by atoms with Crippen molar-refractivity contribution in [3.05, 3.63) is 11.9 Å². The summed E-state index contributed by atoms with van der Waals surface area (Å²) in [6.07, 6.45) is 0.672. The normalized spacial score (nSPS) is 18.9. The van der Waals surface area contributed by atoms with Gasteiger partial charge >= 0.3 is 5.97 Å². The van der Waals surface area contributed by atoms with Crippen molar-refractivity contribution in [3.8, 4) is 0 Å². The van der Waals surface area contributed by atoms with E-state index in [-0.39, 0.29) is 5.92 Å². The SMILES string of the molecule is Cc1nc(NC(C)C)cc(N2CCC(C(=O)O)C2)n1. The predicted molar refractivity (Wildman–Crippen MR) is 73.5 cm³/mol. The van der Waals surface area contributed by atoms with Crippen LogP contribution in [-0.2, 0) is 4.79 Å². The maximum absolute atomic E-state index is 11.0. The molecule has 1 aliphatic heterocycles. The van der Waals surface area contributed by atoms with E-state index >= 15 is 0 Å². The number of aliphatic carboxylic acids is 1. The fourth-order valence-corrected chi connectivity index (χ4v) is 2.25. The maximum Gasteiger partial charge on any atom is 0.308 e. The summed E-state index contributed by atoms with van der Waals surface area (Å²) < 4.78 is 0. The molecule has 1 fully saturated rings. The molecule has 0 aromatic carbocycles. The highest BCUT2D eigenvalue weighted by Gasteiger charge is 2.29. The summed E-state index contributed by atoms with van der Waals surface area (Å²) in [7, 11) is 0. The van der Waals surface area contributed by atoms with Gasteiger partial charge in [0.05, 0.1) is 5.92 Å². The highest BCUT2D eigenvalue weighted by molar-refractivity contribution is 5.72. The molecule has 0 aliphatic carbocycles. The van der Waals surface area contributed by atoms with Crippen LogP contribution in [0.4, 0.5) is 11.6 Å². The van der Waals surface area contributed by atoms with Gasteiger partial charge in [0.2, 0.25) is 0 Å². The van der Waals surface area contributed by atoms with E-state index in [1.807, 2.05) is 31.7 Å². The zero-order valence-corrected chi connectivity index (χ0v) is 11.6. The van der Waals surface area contributed by atoms with Gasteiger partial charge in [-0.1, -0.05) is 0 Å². The highest BCUT2D eigenvalue weighted by atomic mass is 16.4. The van der Waals surface area contributed by atoms with Gasteiger partial charge in [-0.2, -0.15) is 0 Å². The Kier molecular flexibility index (Phi) is 3.87. The molecule has 0 amide bonds. The minimum Gasteiger partial charge on any atom is -0.481 e. The van der Waals surface area contributed by atoms with Crippen LogP contribution >= 0.6 is 0 Å². The number of aromatic nitrogens is 2. The molecular formula is C13H20N4O2. The van der Waals surface area contributed by atoms with Gasteiger partial charge in [-0.3, -0.25) is 4.79 Å². The van der Waals surface area contributed by atoms with E-state index in [0.29, 0.717) is 24.8 Å². The first-order chi connectivity index (χ1) is 8.95. The van der Waals surface area contributed by atoms with Crippen LogP contribution in [0.5, 0.6) is 0 Å². The first-order valence-corrected chi connectivity index (χ1v) is 6.55. The fourth-order valence-electron chi connectivity index (χ4n) is 2.25. The first-order valence-electron chi connectivity index (χ1n) is 6.55. The van der Waals surface area contributed by atoms with Crippen LogP contribution in [0.15, 0.2) is 6.07 Å². The molecule has 2 N–H and O–H groups in total. The zero-order chi connectivity index (χ0) is 14.0. The Labute approximate surface area is 112 Å². The summed E-state index contributed by atoms with van der Waals surface area (Å²) in [4.78, 5) is 21.7. The highest BCUT2D eigenvalue weighted by Crippen LogP contribution is 2.24. The monoisotopic (exact) mass is 264 g/mol. The van der Waals surface area contributed by atoms with Crippen molar-refractivity contribution < 1.29 is 9.90 Å². The Hall–Kier alpha value is -1.85. The van der Waals surface area contributed by atoms with Crippen molar-refractivity contribution in [3.63, 3.8) is 0 Å². The molecule has 0 spiro atoms. The molecule has 6 heteroatoms. The number of nitrogens with one attached hydrogen (secondary N) is 1. The third kappa shape index (κ3) is 3.33. The molecule has 104 valence electrons. The largest absolute Gasteiger partial charge is 0.481 e. The van der Waals surface area contributed by atoms with Crippen LogP contribution in [0, 0.1) is 12.8 Å².